The molecule has 31 heavy (non-hydrogen) atoms. The summed E-state index contributed by atoms with van der Waals surface area (Å²) in [6.07, 6.45) is 1.27. The van der Waals surface area contributed by atoms with Gasteiger partial charge in [0.15, 0.2) is 14.6 Å². The third-order valence-electron chi connectivity index (χ3n) is 5.52. The molecule has 1 spiro atoms. The molecule has 2 aliphatic rings. The number of pyridine rings is 1. The van der Waals surface area contributed by atoms with E-state index in [2.05, 4.69) is 15.3 Å². The lowest BCUT2D eigenvalue weighted by Gasteiger charge is -2.49. The number of aromatic nitrogens is 1. The van der Waals surface area contributed by atoms with Gasteiger partial charge in [-0.15, -0.1) is 0 Å². The number of nitrogens with one attached hydrogen (secondary N) is 1. The molecule has 4 rings (SSSR count). The van der Waals surface area contributed by atoms with Crippen molar-refractivity contribution in [3.05, 3.63) is 59.2 Å². The molecule has 1 unspecified atom stereocenters. The Bertz CT molecular complexity index is 1230. The average Bonchev–Trinajstić information content (AvgIpc) is 2.71. The summed E-state index contributed by atoms with van der Waals surface area (Å²) in [6, 6.07) is 7.59. The number of halogens is 1. The Morgan fingerprint density at radius 2 is 2.10 bits per heavy atom. The third-order valence-corrected chi connectivity index (χ3v) is 7.94. The number of aliphatic imine (C=N–C) groups is 1. The molecule has 1 amide bonds. The Morgan fingerprint density at radius 3 is 2.68 bits per heavy atom. The fourth-order valence-corrected chi connectivity index (χ4v) is 6.05. The van der Waals surface area contributed by atoms with E-state index in [0.717, 1.165) is 6.07 Å². The van der Waals surface area contributed by atoms with Crippen molar-refractivity contribution in [1.82, 2.24) is 9.88 Å². The lowest BCUT2D eigenvalue weighted by molar-refractivity contribution is 0.102. The lowest BCUT2D eigenvalue weighted by Crippen LogP contribution is -2.72. The van der Waals surface area contributed by atoms with Crippen molar-refractivity contribution in [2.24, 2.45) is 10.7 Å². The van der Waals surface area contributed by atoms with E-state index in [1.54, 1.807) is 7.05 Å². The summed E-state index contributed by atoms with van der Waals surface area (Å²) >= 11 is 0. The number of hydrogen-bond acceptors (Lipinski definition) is 8. The summed E-state index contributed by atoms with van der Waals surface area (Å²) in [4.78, 5) is 22.5. The van der Waals surface area contributed by atoms with Gasteiger partial charge in [-0.25, -0.2) is 17.8 Å². The van der Waals surface area contributed by atoms with Crippen LogP contribution < -0.4 is 11.1 Å². The standard InChI is InChI=1S/C20H19FN6O3S/c1-27-10-20(11-27)19(23)26-17(9-31(20,29)30)14-6-13(3-4-15(14)21)25-18(28)16-5-2-12(7-22)8-24-16/h2-6,8,17H,9-11H2,1H3,(H2,23,26)(H,25,28). The van der Waals surface area contributed by atoms with Crippen LogP contribution in [0, 0.1) is 17.1 Å². The fourth-order valence-electron chi connectivity index (χ4n) is 3.86. The van der Waals surface area contributed by atoms with Gasteiger partial charge in [0.25, 0.3) is 5.91 Å². The predicted octanol–water partition coefficient (Wildman–Crippen LogP) is 0.856. The summed E-state index contributed by atoms with van der Waals surface area (Å²) in [5, 5.41) is 11.4. The molecule has 0 radical (unpaired) electrons. The number of nitrogens with two attached hydrogens (primary N) is 1. The van der Waals surface area contributed by atoms with Crippen LogP contribution in [-0.2, 0) is 9.84 Å². The number of carbonyl (C=O) groups excluding carboxylic acids is 1. The van der Waals surface area contributed by atoms with Crippen molar-refractivity contribution in [2.45, 2.75) is 10.8 Å². The van der Waals surface area contributed by atoms with Crippen LogP contribution >= 0.6 is 0 Å². The number of nitrogens with zero attached hydrogens (tertiary/aromatic N) is 4. The normalized spacial score (nSPS) is 21.6. The van der Waals surface area contributed by atoms with Gasteiger partial charge in [0, 0.05) is 30.5 Å². The Hall–Kier alpha value is -3.36. The number of amides is 1. The van der Waals surface area contributed by atoms with E-state index in [4.69, 9.17) is 11.0 Å². The van der Waals surface area contributed by atoms with Gasteiger partial charge < -0.3 is 16.0 Å². The van der Waals surface area contributed by atoms with Crippen LogP contribution in [0.4, 0.5) is 10.1 Å². The molecule has 11 heteroatoms. The van der Waals surface area contributed by atoms with Crippen LogP contribution in [0.5, 0.6) is 0 Å². The molecule has 0 saturated carbocycles. The number of sulfone groups is 1. The maximum Gasteiger partial charge on any atom is 0.274 e. The van der Waals surface area contributed by atoms with Gasteiger partial charge in [-0.3, -0.25) is 9.79 Å². The zero-order chi connectivity index (χ0) is 22.4. The van der Waals surface area contributed by atoms with Crippen LogP contribution in [-0.4, -0.2) is 60.7 Å². The molecule has 0 bridgehead atoms. The predicted molar refractivity (Wildman–Crippen MR) is 112 cm³/mol. The molecule has 3 N–H and O–H groups in total. The van der Waals surface area contributed by atoms with Crippen molar-refractivity contribution in [1.29, 1.82) is 5.26 Å². The number of carbonyl (C=O) groups is 1. The lowest BCUT2D eigenvalue weighted by atomic mass is 9.97. The van der Waals surface area contributed by atoms with Gasteiger partial charge >= 0.3 is 0 Å². The van der Waals surface area contributed by atoms with Gasteiger partial charge in [0.05, 0.1) is 17.4 Å². The Morgan fingerprint density at radius 1 is 1.35 bits per heavy atom. The first-order valence-electron chi connectivity index (χ1n) is 9.37. The van der Waals surface area contributed by atoms with E-state index in [1.165, 1.54) is 30.5 Å². The van der Waals surface area contributed by atoms with Crippen LogP contribution in [0.3, 0.4) is 0 Å². The molecular formula is C20H19FN6O3S. The van der Waals surface area contributed by atoms with Gasteiger partial charge in [-0.05, 0) is 37.4 Å². The summed E-state index contributed by atoms with van der Waals surface area (Å²) in [7, 11) is -1.87. The van der Waals surface area contributed by atoms with E-state index in [9.17, 15) is 17.6 Å². The first kappa shape index (κ1) is 20.9. The van der Waals surface area contributed by atoms with Crippen LogP contribution in [0.1, 0.15) is 27.7 Å². The second kappa shape index (κ2) is 7.40. The highest BCUT2D eigenvalue weighted by Crippen LogP contribution is 2.38. The highest BCUT2D eigenvalue weighted by molar-refractivity contribution is 7.93. The van der Waals surface area contributed by atoms with Crippen LogP contribution in [0.25, 0.3) is 0 Å². The van der Waals surface area contributed by atoms with Crippen molar-refractivity contribution < 1.29 is 17.6 Å². The number of hydrogen-bond donors (Lipinski definition) is 2. The van der Waals surface area contributed by atoms with Gasteiger partial charge in [0.2, 0.25) is 0 Å². The van der Waals surface area contributed by atoms with E-state index >= 15 is 0 Å². The quantitative estimate of drug-likeness (QED) is 0.718. The molecule has 3 heterocycles. The number of nitriles is 1. The highest BCUT2D eigenvalue weighted by Gasteiger charge is 2.58. The minimum atomic E-state index is -3.66. The highest BCUT2D eigenvalue weighted by atomic mass is 32.2. The number of benzene rings is 1. The average molecular weight is 442 g/mol. The molecule has 2 aromatic rings. The topological polar surface area (TPSA) is 142 Å². The SMILES string of the molecule is CN1CC2(C1)C(N)=NC(c1cc(NC(=O)c3ccc(C#N)cn3)ccc1F)CS2(=O)=O. The number of amidine groups is 1. The summed E-state index contributed by atoms with van der Waals surface area (Å²) < 4.78 is 39.2. The first-order valence-corrected chi connectivity index (χ1v) is 11.0. The largest absolute Gasteiger partial charge is 0.386 e. The molecule has 1 aromatic carbocycles. The van der Waals surface area contributed by atoms with Crippen LogP contribution in [0.15, 0.2) is 41.5 Å². The minimum absolute atomic E-state index is 0.0162. The van der Waals surface area contributed by atoms with Crippen molar-refractivity contribution in [3.8, 4) is 6.07 Å². The number of anilines is 1. The maximum absolute atomic E-state index is 14.6. The molecule has 1 fully saturated rings. The Kier molecular flexibility index (Phi) is 4.99. The molecule has 1 aromatic heterocycles. The summed E-state index contributed by atoms with van der Waals surface area (Å²) in [6.45, 7) is 0.515. The fraction of sp³-hybridized carbons (Fsp3) is 0.300. The third kappa shape index (κ3) is 3.54. The van der Waals surface area contributed by atoms with E-state index in [1.807, 2.05) is 11.0 Å². The number of likely N-dealkylation sites (tertiary alicyclic amines) is 1. The van der Waals surface area contributed by atoms with Gasteiger partial charge in [-0.2, -0.15) is 5.26 Å². The molecule has 9 nitrogen and oxygen atoms in total. The second-order valence-electron chi connectivity index (χ2n) is 7.71. The van der Waals surface area contributed by atoms with E-state index in [-0.39, 0.29) is 41.6 Å². The van der Waals surface area contributed by atoms with E-state index < -0.39 is 32.4 Å². The van der Waals surface area contributed by atoms with E-state index in [0.29, 0.717) is 5.56 Å². The first-order chi connectivity index (χ1) is 14.6. The Balaban J connectivity index is 1.60. The van der Waals surface area contributed by atoms with Crippen molar-refractivity contribution >= 4 is 27.3 Å². The smallest absolute Gasteiger partial charge is 0.274 e. The van der Waals surface area contributed by atoms with Crippen LogP contribution in [0.2, 0.25) is 0 Å². The molecule has 1 saturated heterocycles. The van der Waals surface area contributed by atoms with Gasteiger partial charge in [0.1, 0.15) is 23.4 Å². The van der Waals surface area contributed by atoms with Gasteiger partial charge in [-0.1, -0.05) is 0 Å². The molecular weight excluding hydrogens is 423 g/mol. The molecule has 1 atom stereocenters. The molecule has 160 valence electrons. The minimum Gasteiger partial charge on any atom is -0.386 e. The zero-order valence-corrected chi connectivity index (χ0v) is 17.4. The maximum atomic E-state index is 14.6. The number of rotatable bonds is 3. The summed E-state index contributed by atoms with van der Waals surface area (Å²) in [5.74, 6) is -1.59. The Labute approximate surface area is 178 Å². The zero-order valence-electron chi connectivity index (χ0n) is 16.5. The van der Waals surface area contributed by atoms with Crippen molar-refractivity contribution in [3.63, 3.8) is 0 Å². The second-order valence-corrected chi connectivity index (χ2v) is 10.1. The summed E-state index contributed by atoms with van der Waals surface area (Å²) in [5.41, 5.74) is 6.69. The van der Waals surface area contributed by atoms with Crippen molar-refractivity contribution in [2.75, 3.05) is 31.2 Å². The molecule has 2 aliphatic heterocycles. The monoisotopic (exact) mass is 442 g/mol. The molecule has 0 aliphatic carbocycles.